The van der Waals surface area contributed by atoms with Gasteiger partial charge in [-0.3, -0.25) is 4.79 Å². The Morgan fingerprint density at radius 2 is 1.68 bits per heavy atom. The minimum absolute atomic E-state index is 0.0189. The van der Waals surface area contributed by atoms with Gasteiger partial charge in [-0.1, -0.05) is 13.0 Å². The number of fused-ring (bicyclic) bond motifs is 2. The van der Waals surface area contributed by atoms with Crippen LogP contribution in [-0.2, 0) is 11.2 Å². The maximum atomic E-state index is 13.0. The third kappa shape index (κ3) is 1.77. The summed E-state index contributed by atoms with van der Waals surface area (Å²) in [5.41, 5.74) is 2.24. The molecule has 0 radical (unpaired) electrons. The van der Waals surface area contributed by atoms with Crippen molar-refractivity contribution in [2.24, 2.45) is 23.7 Å². The van der Waals surface area contributed by atoms with Crippen LogP contribution in [0.5, 0.6) is 5.75 Å². The van der Waals surface area contributed by atoms with Gasteiger partial charge in [-0.05, 0) is 67.2 Å². The summed E-state index contributed by atoms with van der Waals surface area (Å²) in [5.74, 6) is 1.46. The Bertz CT molecular complexity index is 665. The third-order valence-electron chi connectivity index (χ3n) is 6.08. The highest BCUT2D eigenvalue weighted by molar-refractivity contribution is 6.25. The first kappa shape index (κ1) is 13.9. The first-order valence-electron chi connectivity index (χ1n) is 8.41. The van der Waals surface area contributed by atoms with E-state index in [9.17, 15) is 15.0 Å². The molecule has 2 unspecified atom stereocenters. The van der Waals surface area contributed by atoms with Gasteiger partial charge >= 0.3 is 0 Å². The molecule has 1 aromatic carbocycles. The smallest absolute Gasteiger partial charge is 0.170 e. The van der Waals surface area contributed by atoms with Crippen molar-refractivity contribution in [1.29, 1.82) is 0 Å². The van der Waals surface area contributed by atoms with Gasteiger partial charge < -0.3 is 10.2 Å². The molecule has 22 heavy (non-hydrogen) atoms. The second kappa shape index (κ2) is 4.87. The number of hydrogen-bond donors (Lipinski definition) is 2. The van der Waals surface area contributed by atoms with E-state index in [1.165, 1.54) is 0 Å². The van der Waals surface area contributed by atoms with Crippen LogP contribution in [0, 0.1) is 23.7 Å². The number of allylic oxidation sites excluding steroid dienone is 2. The second-order valence-corrected chi connectivity index (χ2v) is 7.05. The molecule has 3 nitrogen and oxygen atoms in total. The summed E-state index contributed by atoms with van der Waals surface area (Å²) in [4.78, 5) is 13.0. The van der Waals surface area contributed by atoms with Crippen molar-refractivity contribution in [2.75, 3.05) is 0 Å². The van der Waals surface area contributed by atoms with Crippen LogP contribution in [0.1, 0.15) is 43.7 Å². The average molecular weight is 298 g/mol. The highest BCUT2D eigenvalue weighted by atomic mass is 16.3. The molecule has 0 amide bonds. The molecule has 4 aliphatic carbocycles. The summed E-state index contributed by atoms with van der Waals surface area (Å²) in [7, 11) is 0. The van der Waals surface area contributed by atoms with E-state index in [2.05, 4.69) is 0 Å². The fraction of sp³-hybridized carbons (Fsp3) is 0.526. The Morgan fingerprint density at radius 1 is 1.05 bits per heavy atom. The quantitative estimate of drug-likeness (QED) is 0.871. The number of aromatic hydroxyl groups is 1. The number of Topliss-reactive ketones (excluding diaryl/α,β-unsaturated/α-hetero) is 1. The van der Waals surface area contributed by atoms with Gasteiger partial charge in [0.15, 0.2) is 5.78 Å². The topological polar surface area (TPSA) is 57.5 Å². The third-order valence-corrected chi connectivity index (χ3v) is 6.08. The van der Waals surface area contributed by atoms with E-state index in [1.54, 1.807) is 12.1 Å². The first-order valence-corrected chi connectivity index (χ1v) is 8.41. The van der Waals surface area contributed by atoms with Crippen molar-refractivity contribution in [3.05, 3.63) is 35.1 Å². The summed E-state index contributed by atoms with van der Waals surface area (Å²) >= 11 is 0. The van der Waals surface area contributed by atoms with Crippen LogP contribution in [0.2, 0.25) is 0 Å². The first-order chi connectivity index (χ1) is 10.6. The number of aliphatic hydroxyl groups is 1. The molecule has 0 aromatic heterocycles. The van der Waals surface area contributed by atoms with Gasteiger partial charge in [0.2, 0.25) is 0 Å². The lowest BCUT2D eigenvalue weighted by Crippen LogP contribution is -2.41. The van der Waals surface area contributed by atoms with Gasteiger partial charge in [0.1, 0.15) is 11.5 Å². The molecular weight excluding hydrogens is 276 g/mol. The molecule has 0 saturated heterocycles. The van der Waals surface area contributed by atoms with Crippen LogP contribution in [-0.4, -0.2) is 16.0 Å². The molecule has 4 aliphatic rings. The van der Waals surface area contributed by atoms with Crippen LogP contribution < -0.4 is 0 Å². The van der Waals surface area contributed by atoms with Crippen LogP contribution in [0.3, 0.4) is 0 Å². The molecule has 116 valence electrons. The van der Waals surface area contributed by atoms with E-state index < -0.39 is 0 Å². The highest BCUT2D eigenvalue weighted by Crippen LogP contribution is 2.57. The number of rotatable bonds is 2. The predicted octanol–water partition coefficient (Wildman–Crippen LogP) is 3.86. The lowest BCUT2D eigenvalue weighted by atomic mass is 9.59. The molecule has 0 spiro atoms. The number of carbonyl (C=O) groups is 1. The molecule has 1 aromatic rings. The molecule has 0 heterocycles. The maximum Gasteiger partial charge on any atom is 0.170 e. The van der Waals surface area contributed by atoms with Crippen molar-refractivity contribution in [1.82, 2.24) is 0 Å². The van der Waals surface area contributed by atoms with Gasteiger partial charge in [0.25, 0.3) is 0 Å². The summed E-state index contributed by atoms with van der Waals surface area (Å²) in [6.07, 6.45) is 5.30. The summed E-state index contributed by atoms with van der Waals surface area (Å²) in [6.45, 7) is 2.03. The van der Waals surface area contributed by atoms with Gasteiger partial charge in [-0.25, -0.2) is 0 Å². The molecule has 5 rings (SSSR count). The SMILES string of the molecule is CCc1ccc(O)cc1C1=C(O)C2C3CCC(CC3)C2C1=O. The van der Waals surface area contributed by atoms with Crippen molar-refractivity contribution in [3.8, 4) is 5.75 Å². The molecule has 2 atom stereocenters. The molecular formula is C19H22O3. The average Bonchev–Trinajstić information content (AvgIpc) is 2.82. The zero-order chi connectivity index (χ0) is 15.4. The Labute approximate surface area is 130 Å². The number of hydrogen-bond acceptors (Lipinski definition) is 3. The Morgan fingerprint density at radius 3 is 2.27 bits per heavy atom. The summed E-state index contributed by atoms with van der Waals surface area (Å²) in [6, 6.07) is 5.15. The zero-order valence-corrected chi connectivity index (χ0v) is 12.9. The number of phenolic OH excluding ortho intramolecular Hbond substituents is 1. The monoisotopic (exact) mass is 298 g/mol. The largest absolute Gasteiger partial charge is 0.511 e. The van der Waals surface area contributed by atoms with E-state index >= 15 is 0 Å². The van der Waals surface area contributed by atoms with Gasteiger partial charge in [-0.2, -0.15) is 0 Å². The fourth-order valence-electron chi connectivity index (χ4n) is 5.06. The highest BCUT2D eigenvalue weighted by Gasteiger charge is 2.54. The molecule has 3 heteroatoms. The lowest BCUT2D eigenvalue weighted by Gasteiger charge is -2.44. The number of phenols is 1. The predicted molar refractivity (Wildman–Crippen MR) is 84.5 cm³/mol. The number of benzene rings is 1. The van der Waals surface area contributed by atoms with Crippen LogP contribution in [0.4, 0.5) is 0 Å². The van der Waals surface area contributed by atoms with Gasteiger partial charge in [0.05, 0.1) is 5.57 Å². The zero-order valence-electron chi connectivity index (χ0n) is 12.9. The Kier molecular flexibility index (Phi) is 3.07. The lowest BCUT2D eigenvalue weighted by molar-refractivity contribution is -0.123. The van der Waals surface area contributed by atoms with Crippen molar-refractivity contribution >= 4 is 11.4 Å². The normalized spacial score (nSPS) is 33.4. The van der Waals surface area contributed by atoms with Crippen molar-refractivity contribution in [3.63, 3.8) is 0 Å². The summed E-state index contributed by atoms with van der Waals surface area (Å²) in [5, 5.41) is 20.6. The molecule has 3 fully saturated rings. The van der Waals surface area contributed by atoms with Crippen LogP contribution in [0.25, 0.3) is 5.57 Å². The molecule has 0 aliphatic heterocycles. The van der Waals surface area contributed by atoms with E-state index in [4.69, 9.17) is 0 Å². The van der Waals surface area contributed by atoms with E-state index in [0.29, 0.717) is 23.2 Å². The van der Waals surface area contributed by atoms with Crippen molar-refractivity contribution in [2.45, 2.75) is 39.0 Å². The Balaban J connectivity index is 1.85. The van der Waals surface area contributed by atoms with Gasteiger partial charge in [0, 0.05) is 11.8 Å². The van der Waals surface area contributed by atoms with E-state index in [1.807, 2.05) is 13.0 Å². The number of aliphatic hydroxyl groups excluding tert-OH is 1. The molecule has 2 bridgehead atoms. The minimum Gasteiger partial charge on any atom is -0.511 e. The minimum atomic E-state index is -0.0189. The van der Waals surface area contributed by atoms with E-state index in [-0.39, 0.29) is 23.4 Å². The standard InChI is InChI=1S/C19H22O3/c1-2-10-7-8-13(20)9-14(10)17-18(21)15-11-3-4-12(6-5-11)16(15)19(17)22/h7-9,11-12,15-16,20-21H,2-6H2,1H3. The number of ketones is 1. The van der Waals surface area contributed by atoms with Crippen molar-refractivity contribution < 1.29 is 15.0 Å². The molecule has 3 saturated carbocycles. The number of carbonyl (C=O) groups excluding carboxylic acids is 1. The Hall–Kier alpha value is -1.77. The van der Waals surface area contributed by atoms with Gasteiger partial charge in [-0.15, -0.1) is 0 Å². The fourth-order valence-corrected chi connectivity index (χ4v) is 5.06. The second-order valence-electron chi connectivity index (χ2n) is 7.05. The molecule has 2 N–H and O–H groups in total. The van der Waals surface area contributed by atoms with Crippen LogP contribution in [0.15, 0.2) is 24.0 Å². The van der Waals surface area contributed by atoms with E-state index in [0.717, 1.165) is 43.2 Å². The summed E-state index contributed by atoms with van der Waals surface area (Å²) < 4.78 is 0. The number of aryl methyl sites for hydroxylation is 1. The maximum absolute atomic E-state index is 13.0. The van der Waals surface area contributed by atoms with Crippen LogP contribution >= 0.6 is 0 Å².